The van der Waals surface area contributed by atoms with Gasteiger partial charge >= 0.3 is 0 Å². The Morgan fingerprint density at radius 3 is 2.88 bits per heavy atom. The molecule has 17 heavy (non-hydrogen) atoms. The van der Waals surface area contributed by atoms with Gasteiger partial charge in [-0.05, 0) is 19.3 Å². The predicted molar refractivity (Wildman–Crippen MR) is 67.0 cm³/mol. The second-order valence-corrected chi connectivity index (χ2v) is 5.58. The summed E-state index contributed by atoms with van der Waals surface area (Å²) in [6.07, 6.45) is 0.340. The molecule has 0 aromatic carbocycles. The zero-order valence-corrected chi connectivity index (χ0v) is 10.8. The number of nitrogens with zero attached hydrogens (tertiary/aromatic N) is 2. The molecule has 1 amide bonds. The minimum atomic E-state index is -0.299. The molecule has 0 spiro atoms. The number of rotatable bonds is 1. The zero-order valence-electron chi connectivity index (χ0n) is 10.0. The minimum Gasteiger partial charge on any atom is -0.393 e. The number of hydrogen-bond acceptors (Lipinski definition) is 5. The number of aliphatic hydroxyl groups is 1. The smallest absolute Gasteiger partial charge is 0.265 e. The Morgan fingerprint density at radius 2 is 2.35 bits per heavy atom. The molecule has 1 fully saturated rings. The predicted octanol–water partition coefficient (Wildman–Crippen LogP) is 0.877. The van der Waals surface area contributed by atoms with Crippen molar-refractivity contribution in [1.82, 2.24) is 9.88 Å². The molecule has 6 heteroatoms. The summed E-state index contributed by atoms with van der Waals surface area (Å²) < 4.78 is 0. The van der Waals surface area contributed by atoms with Crippen molar-refractivity contribution in [3.8, 4) is 0 Å². The SMILES string of the molecule is Cc1nc(N)sc1C(=O)N1CCC(O)C(C)C1. The number of aromatic nitrogens is 1. The van der Waals surface area contributed by atoms with E-state index < -0.39 is 0 Å². The number of nitrogen functional groups attached to an aromatic ring is 1. The van der Waals surface area contributed by atoms with Crippen LogP contribution >= 0.6 is 11.3 Å². The molecule has 1 aliphatic rings. The van der Waals surface area contributed by atoms with E-state index in [1.165, 1.54) is 11.3 Å². The molecule has 3 N–H and O–H groups in total. The number of likely N-dealkylation sites (tertiary alicyclic amines) is 1. The summed E-state index contributed by atoms with van der Waals surface area (Å²) in [5.41, 5.74) is 6.28. The Kier molecular flexibility index (Phi) is 3.35. The lowest BCUT2D eigenvalue weighted by Gasteiger charge is -2.34. The lowest BCUT2D eigenvalue weighted by molar-refractivity contribution is 0.0300. The first-order chi connectivity index (χ1) is 7.99. The molecule has 5 nitrogen and oxygen atoms in total. The topological polar surface area (TPSA) is 79.5 Å². The van der Waals surface area contributed by atoms with Crippen LogP contribution in [0.5, 0.6) is 0 Å². The normalized spacial score (nSPS) is 25.0. The van der Waals surface area contributed by atoms with Crippen molar-refractivity contribution >= 4 is 22.4 Å². The number of hydrogen-bond donors (Lipinski definition) is 2. The third-order valence-electron chi connectivity index (χ3n) is 3.15. The molecule has 0 saturated carbocycles. The van der Waals surface area contributed by atoms with Crippen LogP contribution in [-0.4, -0.2) is 40.1 Å². The van der Waals surface area contributed by atoms with Gasteiger partial charge in [0.2, 0.25) is 0 Å². The van der Waals surface area contributed by atoms with E-state index in [1.807, 2.05) is 6.92 Å². The van der Waals surface area contributed by atoms with Crippen LogP contribution in [0, 0.1) is 12.8 Å². The molecule has 1 aromatic heterocycles. The number of piperidine rings is 1. The van der Waals surface area contributed by atoms with Crippen LogP contribution in [0.1, 0.15) is 28.7 Å². The van der Waals surface area contributed by atoms with E-state index in [9.17, 15) is 9.90 Å². The summed E-state index contributed by atoms with van der Waals surface area (Å²) in [4.78, 5) is 18.7. The van der Waals surface area contributed by atoms with Gasteiger partial charge in [-0.1, -0.05) is 18.3 Å². The van der Waals surface area contributed by atoms with Crippen molar-refractivity contribution in [2.75, 3.05) is 18.8 Å². The molecule has 2 unspecified atom stereocenters. The number of anilines is 1. The van der Waals surface area contributed by atoms with E-state index in [0.717, 1.165) is 0 Å². The van der Waals surface area contributed by atoms with E-state index in [2.05, 4.69) is 4.98 Å². The first kappa shape index (κ1) is 12.3. The number of thiazole rings is 1. The fraction of sp³-hybridized carbons (Fsp3) is 0.636. The molecule has 1 aromatic rings. The summed E-state index contributed by atoms with van der Waals surface area (Å²) in [5.74, 6) is 0.105. The Balaban J connectivity index is 2.13. The van der Waals surface area contributed by atoms with Gasteiger partial charge in [0.1, 0.15) is 4.88 Å². The summed E-state index contributed by atoms with van der Waals surface area (Å²) in [6, 6.07) is 0. The van der Waals surface area contributed by atoms with Gasteiger partial charge in [-0.3, -0.25) is 4.79 Å². The summed E-state index contributed by atoms with van der Waals surface area (Å²) in [7, 11) is 0. The number of carbonyl (C=O) groups excluding carboxylic acids is 1. The van der Waals surface area contributed by atoms with E-state index in [0.29, 0.717) is 35.2 Å². The van der Waals surface area contributed by atoms with E-state index in [4.69, 9.17) is 5.73 Å². The van der Waals surface area contributed by atoms with Gasteiger partial charge in [0.25, 0.3) is 5.91 Å². The molecule has 0 radical (unpaired) electrons. The largest absolute Gasteiger partial charge is 0.393 e. The van der Waals surface area contributed by atoms with Gasteiger partial charge in [-0.15, -0.1) is 0 Å². The van der Waals surface area contributed by atoms with Gasteiger partial charge in [0.15, 0.2) is 5.13 Å². The number of carbonyl (C=O) groups is 1. The third-order valence-corrected chi connectivity index (χ3v) is 4.13. The highest BCUT2D eigenvalue weighted by Crippen LogP contribution is 2.24. The number of amides is 1. The first-order valence-electron chi connectivity index (χ1n) is 5.69. The molecular weight excluding hydrogens is 238 g/mol. The lowest BCUT2D eigenvalue weighted by atomic mass is 9.96. The molecule has 2 atom stereocenters. The number of aryl methyl sites for hydroxylation is 1. The molecule has 1 saturated heterocycles. The van der Waals surface area contributed by atoms with Crippen molar-refractivity contribution in [3.05, 3.63) is 10.6 Å². The van der Waals surface area contributed by atoms with Crippen LogP contribution in [0.15, 0.2) is 0 Å². The van der Waals surface area contributed by atoms with E-state index in [-0.39, 0.29) is 17.9 Å². The van der Waals surface area contributed by atoms with Crippen molar-refractivity contribution in [1.29, 1.82) is 0 Å². The van der Waals surface area contributed by atoms with Crippen LogP contribution < -0.4 is 5.73 Å². The molecule has 2 heterocycles. The highest BCUT2D eigenvalue weighted by Gasteiger charge is 2.29. The van der Waals surface area contributed by atoms with Crippen LogP contribution in [0.2, 0.25) is 0 Å². The third kappa shape index (κ3) is 2.42. The highest BCUT2D eigenvalue weighted by atomic mass is 32.1. The second-order valence-electron chi connectivity index (χ2n) is 4.55. The average molecular weight is 255 g/mol. The number of aliphatic hydroxyl groups excluding tert-OH is 1. The van der Waals surface area contributed by atoms with Crippen LogP contribution in [-0.2, 0) is 0 Å². The number of nitrogens with two attached hydrogens (primary N) is 1. The average Bonchev–Trinajstić information content (AvgIpc) is 2.61. The molecule has 0 aliphatic carbocycles. The Morgan fingerprint density at radius 1 is 1.65 bits per heavy atom. The highest BCUT2D eigenvalue weighted by molar-refractivity contribution is 7.17. The molecular formula is C11H17N3O2S. The minimum absolute atomic E-state index is 0.0181. The molecule has 1 aliphatic heterocycles. The Bertz CT molecular complexity index is 432. The quantitative estimate of drug-likeness (QED) is 0.780. The van der Waals surface area contributed by atoms with Gasteiger partial charge < -0.3 is 15.7 Å². The van der Waals surface area contributed by atoms with Crippen LogP contribution in [0.4, 0.5) is 5.13 Å². The standard InChI is InChI=1S/C11H17N3O2S/c1-6-5-14(4-3-8(6)15)10(16)9-7(2)13-11(12)17-9/h6,8,15H,3-5H2,1-2H3,(H2,12,13). The van der Waals surface area contributed by atoms with E-state index in [1.54, 1.807) is 11.8 Å². The second kappa shape index (κ2) is 4.62. The monoisotopic (exact) mass is 255 g/mol. The van der Waals surface area contributed by atoms with Crippen LogP contribution in [0.25, 0.3) is 0 Å². The molecule has 2 rings (SSSR count). The van der Waals surface area contributed by atoms with Crippen molar-refractivity contribution in [2.24, 2.45) is 5.92 Å². The van der Waals surface area contributed by atoms with Gasteiger partial charge in [0, 0.05) is 13.1 Å². The molecule has 0 bridgehead atoms. The maximum Gasteiger partial charge on any atom is 0.265 e. The van der Waals surface area contributed by atoms with Crippen molar-refractivity contribution in [2.45, 2.75) is 26.4 Å². The summed E-state index contributed by atoms with van der Waals surface area (Å²) in [6.45, 7) is 4.94. The van der Waals surface area contributed by atoms with Crippen molar-refractivity contribution < 1.29 is 9.90 Å². The zero-order chi connectivity index (χ0) is 12.6. The Hall–Kier alpha value is -1.14. The van der Waals surface area contributed by atoms with Crippen molar-refractivity contribution in [3.63, 3.8) is 0 Å². The summed E-state index contributed by atoms with van der Waals surface area (Å²) in [5, 5.41) is 10.1. The van der Waals surface area contributed by atoms with E-state index >= 15 is 0 Å². The van der Waals surface area contributed by atoms with Gasteiger partial charge in [-0.25, -0.2) is 4.98 Å². The maximum atomic E-state index is 12.2. The summed E-state index contributed by atoms with van der Waals surface area (Å²) >= 11 is 1.23. The first-order valence-corrected chi connectivity index (χ1v) is 6.51. The van der Waals surface area contributed by atoms with Crippen LogP contribution in [0.3, 0.4) is 0 Å². The fourth-order valence-electron chi connectivity index (χ4n) is 2.08. The van der Waals surface area contributed by atoms with Gasteiger partial charge in [-0.2, -0.15) is 0 Å². The Labute approximate surface area is 104 Å². The molecule has 94 valence electrons. The lowest BCUT2D eigenvalue weighted by Crippen LogP contribution is -2.44. The maximum absolute atomic E-state index is 12.2. The van der Waals surface area contributed by atoms with Gasteiger partial charge in [0.05, 0.1) is 11.8 Å². The fourth-order valence-corrected chi connectivity index (χ4v) is 2.88.